The Kier molecular flexibility index (Phi) is 7.07. The van der Waals surface area contributed by atoms with Crippen molar-refractivity contribution >= 4 is 40.2 Å². The summed E-state index contributed by atoms with van der Waals surface area (Å²) in [5.41, 5.74) is 2.70. The summed E-state index contributed by atoms with van der Waals surface area (Å²) in [6, 6.07) is 12.8. The van der Waals surface area contributed by atoms with Crippen molar-refractivity contribution in [1.82, 2.24) is 9.55 Å². The number of amides is 1. The minimum absolute atomic E-state index is 0.00842. The van der Waals surface area contributed by atoms with Crippen LogP contribution in [-0.4, -0.2) is 40.3 Å². The highest BCUT2D eigenvalue weighted by molar-refractivity contribution is 8.00. The zero-order valence-corrected chi connectivity index (χ0v) is 20.7. The first-order chi connectivity index (χ1) is 16.3. The number of para-hydroxylation sites is 1. The monoisotopic (exact) mass is 479 g/mol. The van der Waals surface area contributed by atoms with Crippen LogP contribution in [0, 0.1) is 5.92 Å². The lowest BCUT2D eigenvalue weighted by Crippen LogP contribution is -2.40. The van der Waals surface area contributed by atoms with Crippen molar-refractivity contribution in [2.45, 2.75) is 50.6 Å². The number of hydrogen-bond donors (Lipinski definition) is 0. The Balaban J connectivity index is 1.71. The summed E-state index contributed by atoms with van der Waals surface area (Å²) in [6.45, 7) is 7.07. The van der Waals surface area contributed by atoms with Crippen LogP contribution in [0.2, 0.25) is 0 Å². The maximum Gasteiger partial charge on any atom is 0.337 e. The van der Waals surface area contributed by atoms with E-state index in [1.807, 2.05) is 43.9 Å². The lowest BCUT2D eigenvalue weighted by Gasteiger charge is -2.31. The van der Waals surface area contributed by atoms with Crippen molar-refractivity contribution in [3.05, 3.63) is 63.9 Å². The van der Waals surface area contributed by atoms with Gasteiger partial charge in [0.25, 0.3) is 5.56 Å². The van der Waals surface area contributed by atoms with E-state index >= 15 is 0 Å². The maximum absolute atomic E-state index is 13.5. The van der Waals surface area contributed by atoms with Crippen LogP contribution in [0.3, 0.4) is 0 Å². The molecular weight excluding hydrogens is 450 g/mol. The number of methoxy groups -OCH3 is 1. The second-order valence-electron chi connectivity index (χ2n) is 8.91. The van der Waals surface area contributed by atoms with Crippen molar-refractivity contribution < 1.29 is 14.3 Å². The van der Waals surface area contributed by atoms with E-state index in [9.17, 15) is 14.4 Å². The number of aromatic nitrogens is 2. The summed E-state index contributed by atoms with van der Waals surface area (Å²) in [7, 11) is 1.31. The highest BCUT2D eigenvalue weighted by Gasteiger charge is 2.28. The van der Waals surface area contributed by atoms with Crippen molar-refractivity contribution in [2.75, 3.05) is 18.6 Å². The molecule has 1 unspecified atom stereocenters. The SMILES string of the molecule is COC(=O)c1ccc2c(=O)n(CC(C)C)c(SC(C)C(=O)N3CCCc4ccccc43)nc2c1. The minimum Gasteiger partial charge on any atom is -0.465 e. The highest BCUT2D eigenvalue weighted by atomic mass is 32.2. The summed E-state index contributed by atoms with van der Waals surface area (Å²) >= 11 is 1.28. The van der Waals surface area contributed by atoms with Gasteiger partial charge in [0, 0.05) is 18.8 Å². The molecule has 4 rings (SSSR count). The van der Waals surface area contributed by atoms with Crippen LogP contribution in [0.4, 0.5) is 5.69 Å². The Hall–Kier alpha value is -3.13. The van der Waals surface area contributed by atoms with E-state index in [0.29, 0.717) is 34.7 Å². The van der Waals surface area contributed by atoms with E-state index < -0.39 is 11.2 Å². The van der Waals surface area contributed by atoms with Crippen LogP contribution in [0.25, 0.3) is 10.9 Å². The summed E-state index contributed by atoms with van der Waals surface area (Å²) in [5, 5.41) is 0.457. The fourth-order valence-corrected chi connectivity index (χ4v) is 5.23. The van der Waals surface area contributed by atoms with E-state index in [0.717, 1.165) is 18.5 Å². The second kappa shape index (κ2) is 10.0. The van der Waals surface area contributed by atoms with Crippen molar-refractivity contribution in [3.63, 3.8) is 0 Å². The van der Waals surface area contributed by atoms with E-state index in [2.05, 4.69) is 6.07 Å². The van der Waals surface area contributed by atoms with Gasteiger partial charge in [-0.2, -0.15) is 0 Å². The third-order valence-electron chi connectivity index (χ3n) is 5.90. The Morgan fingerprint density at radius 2 is 1.91 bits per heavy atom. The normalized spacial score (nSPS) is 14.2. The zero-order valence-electron chi connectivity index (χ0n) is 19.9. The van der Waals surface area contributed by atoms with Gasteiger partial charge in [-0.3, -0.25) is 14.2 Å². The molecule has 7 nitrogen and oxygen atoms in total. The molecular formula is C26H29N3O4S. The summed E-state index contributed by atoms with van der Waals surface area (Å²) in [5.74, 6) is -0.284. The van der Waals surface area contributed by atoms with Gasteiger partial charge in [0.05, 0.1) is 28.8 Å². The molecule has 34 heavy (non-hydrogen) atoms. The number of nitrogens with zero attached hydrogens (tertiary/aromatic N) is 3. The molecule has 178 valence electrons. The number of carbonyl (C=O) groups excluding carboxylic acids is 2. The van der Waals surface area contributed by atoms with Crippen molar-refractivity contribution in [2.24, 2.45) is 5.92 Å². The van der Waals surface area contributed by atoms with E-state index in [1.165, 1.54) is 24.4 Å². The van der Waals surface area contributed by atoms with Crippen LogP contribution < -0.4 is 10.5 Å². The first-order valence-electron chi connectivity index (χ1n) is 11.5. The highest BCUT2D eigenvalue weighted by Crippen LogP contribution is 2.31. The molecule has 2 heterocycles. The molecule has 0 saturated carbocycles. The molecule has 1 aromatic heterocycles. The second-order valence-corrected chi connectivity index (χ2v) is 10.2. The Bertz CT molecular complexity index is 1300. The maximum atomic E-state index is 13.5. The molecule has 0 saturated heterocycles. The molecule has 1 aliphatic rings. The Morgan fingerprint density at radius 3 is 2.65 bits per heavy atom. The van der Waals surface area contributed by atoms with Crippen molar-refractivity contribution in [1.29, 1.82) is 0 Å². The summed E-state index contributed by atoms with van der Waals surface area (Å²) in [4.78, 5) is 45.4. The third kappa shape index (κ3) is 4.73. The number of carbonyl (C=O) groups is 2. The largest absolute Gasteiger partial charge is 0.465 e. The standard InChI is InChI=1S/C26H29N3O4S/c1-16(2)15-29-24(31)20-12-11-19(25(32)33-4)14-21(20)27-26(29)34-17(3)23(30)28-13-7-9-18-8-5-6-10-22(18)28/h5-6,8,10-12,14,16-17H,7,9,13,15H2,1-4H3. The predicted molar refractivity (Wildman–Crippen MR) is 135 cm³/mol. The van der Waals surface area contributed by atoms with Gasteiger partial charge in [0.1, 0.15) is 0 Å². The quantitative estimate of drug-likeness (QED) is 0.298. The number of hydrogen-bond acceptors (Lipinski definition) is 6. The molecule has 8 heteroatoms. The zero-order chi connectivity index (χ0) is 24.4. The van der Waals surface area contributed by atoms with Gasteiger partial charge in [-0.25, -0.2) is 9.78 Å². The molecule has 0 aliphatic carbocycles. The predicted octanol–water partition coefficient (Wildman–Crippen LogP) is 4.30. The number of ether oxygens (including phenoxy) is 1. The van der Waals surface area contributed by atoms with Gasteiger partial charge in [-0.05, 0) is 55.5 Å². The van der Waals surface area contributed by atoms with Gasteiger partial charge in [-0.1, -0.05) is 43.8 Å². The molecule has 0 fully saturated rings. The first-order valence-corrected chi connectivity index (χ1v) is 12.4. The van der Waals surface area contributed by atoms with Crippen LogP contribution in [0.15, 0.2) is 52.4 Å². The van der Waals surface area contributed by atoms with Crippen LogP contribution in [0.1, 0.15) is 43.1 Å². The summed E-state index contributed by atoms with van der Waals surface area (Å²) in [6.07, 6.45) is 1.88. The smallest absolute Gasteiger partial charge is 0.337 e. The Labute approximate surface area is 203 Å². The molecule has 0 radical (unpaired) electrons. The minimum atomic E-state index is -0.489. The fraction of sp³-hybridized carbons (Fsp3) is 0.385. The molecule has 3 aromatic rings. The van der Waals surface area contributed by atoms with E-state index in [1.54, 1.807) is 22.8 Å². The first kappa shape index (κ1) is 24.0. The van der Waals surface area contributed by atoms with E-state index in [4.69, 9.17) is 9.72 Å². The number of benzene rings is 2. The molecule has 0 bridgehead atoms. The van der Waals surface area contributed by atoms with Crippen LogP contribution in [0.5, 0.6) is 0 Å². The Morgan fingerprint density at radius 1 is 1.15 bits per heavy atom. The topological polar surface area (TPSA) is 81.5 Å². The van der Waals surface area contributed by atoms with Gasteiger partial charge < -0.3 is 9.64 Å². The molecule has 2 aromatic carbocycles. The molecule has 1 aliphatic heterocycles. The fourth-order valence-electron chi connectivity index (χ4n) is 4.25. The summed E-state index contributed by atoms with van der Waals surface area (Å²) < 4.78 is 6.45. The number of thioether (sulfide) groups is 1. The molecule has 1 amide bonds. The van der Waals surface area contributed by atoms with Crippen molar-refractivity contribution in [3.8, 4) is 0 Å². The van der Waals surface area contributed by atoms with Gasteiger partial charge >= 0.3 is 5.97 Å². The van der Waals surface area contributed by atoms with Gasteiger partial charge in [0.15, 0.2) is 5.16 Å². The molecule has 1 atom stereocenters. The molecule has 0 N–H and O–H groups in total. The van der Waals surface area contributed by atoms with Crippen LogP contribution in [-0.2, 0) is 22.5 Å². The number of esters is 1. The van der Waals surface area contributed by atoms with E-state index in [-0.39, 0.29) is 17.4 Å². The molecule has 0 spiro atoms. The number of aryl methyl sites for hydroxylation is 1. The number of rotatable bonds is 6. The average Bonchev–Trinajstić information content (AvgIpc) is 2.84. The van der Waals surface area contributed by atoms with Crippen LogP contribution >= 0.6 is 11.8 Å². The third-order valence-corrected chi connectivity index (χ3v) is 6.97. The average molecular weight is 480 g/mol. The number of fused-ring (bicyclic) bond motifs is 2. The van der Waals surface area contributed by atoms with Gasteiger partial charge in [-0.15, -0.1) is 0 Å². The van der Waals surface area contributed by atoms with Gasteiger partial charge in [0.2, 0.25) is 5.91 Å². The lowest BCUT2D eigenvalue weighted by atomic mass is 10.0. The lowest BCUT2D eigenvalue weighted by molar-refractivity contribution is -0.117. The number of anilines is 1.